The average Bonchev–Trinajstić information content (AvgIpc) is 3.55. The van der Waals surface area contributed by atoms with E-state index >= 15 is 4.39 Å². The number of anilines is 1. The zero-order valence-electron chi connectivity index (χ0n) is 17.1. The van der Waals surface area contributed by atoms with Gasteiger partial charge in [-0.2, -0.15) is 0 Å². The summed E-state index contributed by atoms with van der Waals surface area (Å²) in [5, 5.41) is 16.7. The number of carboxylic acids is 1. The number of rotatable bonds is 5. The van der Waals surface area contributed by atoms with Crippen LogP contribution in [0, 0.1) is 5.82 Å². The summed E-state index contributed by atoms with van der Waals surface area (Å²) in [5.41, 5.74) is -0.472. The van der Waals surface area contributed by atoms with E-state index in [9.17, 15) is 14.7 Å². The molecule has 0 aromatic carbocycles. The third-order valence-corrected chi connectivity index (χ3v) is 6.02. The molecule has 10 heteroatoms. The van der Waals surface area contributed by atoms with Crippen LogP contribution in [0.2, 0.25) is 0 Å². The molecule has 1 unspecified atom stereocenters. The number of pyridine rings is 2. The van der Waals surface area contributed by atoms with Crippen LogP contribution in [0.25, 0.3) is 11.0 Å². The molecule has 2 aromatic rings. The van der Waals surface area contributed by atoms with Crippen LogP contribution < -0.4 is 15.6 Å². The van der Waals surface area contributed by atoms with Gasteiger partial charge in [0.25, 0.3) is 0 Å². The number of oxime groups is 1. The highest BCUT2D eigenvalue weighted by Gasteiger charge is 2.37. The molecule has 9 nitrogen and oxygen atoms in total. The van der Waals surface area contributed by atoms with Crippen LogP contribution in [0.15, 0.2) is 22.2 Å². The number of fused-ring (bicyclic) bond motifs is 1. The molecule has 1 atom stereocenters. The number of carbonyl (C=O) groups is 1. The van der Waals surface area contributed by atoms with Crippen molar-refractivity contribution in [3.8, 4) is 0 Å². The molecular formula is C20H24FN5O4. The van der Waals surface area contributed by atoms with Gasteiger partial charge in [0.05, 0.1) is 23.2 Å². The van der Waals surface area contributed by atoms with E-state index in [1.54, 1.807) is 9.47 Å². The molecule has 4 rings (SSSR count). The van der Waals surface area contributed by atoms with Gasteiger partial charge in [-0.3, -0.25) is 4.79 Å². The minimum atomic E-state index is -1.33. The summed E-state index contributed by atoms with van der Waals surface area (Å²) < 4.78 is 16.8. The average molecular weight is 417 g/mol. The predicted octanol–water partition coefficient (Wildman–Crippen LogP) is 1.76. The van der Waals surface area contributed by atoms with Crippen molar-refractivity contribution in [1.29, 1.82) is 0 Å². The van der Waals surface area contributed by atoms with E-state index < -0.39 is 17.2 Å². The van der Waals surface area contributed by atoms with Gasteiger partial charge in [-0.05, 0) is 39.3 Å². The third-order valence-electron chi connectivity index (χ3n) is 6.02. The molecule has 0 bridgehead atoms. The number of piperidine rings is 1. The standard InChI is InChI=1S/C20H24FN5O4/c1-20(22-2)6-7-25(10-15(20)24-30-3)18-14(21)8-12-16(27)13(19(28)29)9-26(11-4-5-11)17(12)23-18/h8-9,11,22H,4-7,10H2,1-3H3,(H,28,29)/b24-15+. The lowest BCUT2D eigenvalue weighted by Crippen LogP contribution is -2.58. The van der Waals surface area contributed by atoms with Crippen molar-refractivity contribution < 1.29 is 19.1 Å². The van der Waals surface area contributed by atoms with Gasteiger partial charge in [0.15, 0.2) is 11.6 Å². The fourth-order valence-electron chi connectivity index (χ4n) is 3.87. The van der Waals surface area contributed by atoms with Crippen molar-refractivity contribution in [2.45, 2.75) is 37.8 Å². The Balaban J connectivity index is 1.83. The monoisotopic (exact) mass is 417 g/mol. The van der Waals surface area contributed by atoms with E-state index in [-0.39, 0.29) is 28.3 Å². The number of aromatic nitrogens is 2. The van der Waals surface area contributed by atoms with Crippen LogP contribution in [0.5, 0.6) is 0 Å². The van der Waals surface area contributed by atoms with Crippen molar-refractivity contribution >= 4 is 28.5 Å². The Morgan fingerprint density at radius 1 is 1.47 bits per heavy atom. The van der Waals surface area contributed by atoms with Gasteiger partial charge >= 0.3 is 5.97 Å². The molecule has 3 heterocycles. The summed E-state index contributed by atoms with van der Waals surface area (Å²) in [4.78, 5) is 35.3. The van der Waals surface area contributed by atoms with Gasteiger partial charge in [-0.1, -0.05) is 5.16 Å². The lowest BCUT2D eigenvalue weighted by Gasteiger charge is -2.40. The highest BCUT2D eigenvalue weighted by atomic mass is 19.1. The first-order valence-electron chi connectivity index (χ1n) is 9.82. The van der Waals surface area contributed by atoms with Gasteiger partial charge in [0.2, 0.25) is 5.43 Å². The van der Waals surface area contributed by atoms with Gasteiger partial charge in [0.1, 0.15) is 18.3 Å². The highest BCUT2D eigenvalue weighted by molar-refractivity contribution is 5.98. The second kappa shape index (κ2) is 7.35. The van der Waals surface area contributed by atoms with E-state index in [0.717, 1.165) is 18.9 Å². The molecular weight excluding hydrogens is 393 g/mol. The minimum absolute atomic E-state index is 0.0223. The first kappa shape index (κ1) is 20.3. The lowest BCUT2D eigenvalue weighted by atomic mass is 9.87. The smallest absolute Gasteiger partial charge is 0.341 e. The molecule has 1 saturated heterocycles. The first-order chi connectivity index (χ1) is 14.3. The van der Waals surface area contributed by atoms with Crippen LogP contribution >= 0.6 is 0 Å². The molecule has 30 heavy (non-hydrogen) atoms. The summed E-state index contributed by atoms with van der Waals surface area (Å²) >= 11 is 0. The van der Waals surface area contributed by atoms with E-state index in [1.165, 1.54) is 13.3 Å². The van der Waals surface area contributed by atoms with Crippen molar-refractivity contribution in [3.05, 3.63) is 33.9 Å². The Hall–Kier alpha value is -3.01. The largest absolute Gasteiger partial charge is 0.477 e. The minimum Gasteiger partial charge on any atom is -0.477 e. The molecule has 1 aliphatic carbocycles. The number of carboxylic acid groups (broad SMARTS) is 1. The van der Waals surface area contributed by atoms with Gasteiger partial charge in [-0.25, -0.2) is 14.2 Å². The first-order valence-corrected chi connectivity index (χ1v) is 9.82. The highest BCUT2D eigenvalue weighted by Crippen LogP contribution is 2.37. The molecule has 2 fully saturated rings. The van der Waals surface area contributed by atoms with E-state index in [2.05, 4.69) is 15.5 Å². The van der Waals surface area contributed by atoms with Crippen molar-refractivity contribution in [3.63, 3.8) is 0 Å². The summed E-state index contributed by atoms with van der Waals surface area (Å²) in [6, 6.07) is 1.17. The summed E-state index contributed by atoms with van der Waals surface area (Å²) in [5.74, 6) is -1.89. The lowest BCUT2D eigenvalue weighted by molar-refractivity contribution is 0.0695. The second-order valence-electron chi connectivity index (χ2n) is 7.95. The maximum absolute atomic E-state index is 15.1. The molecule has 1 aliphatic heterocycles. The summed E-state index contributed by atoms with van der Waals surface area (Å²) in [6.07, 6.45) is 3.70. The Morgan fingerprint density at radius 2 is 2.20 bits per heavy atom. The van der Waals surface area contributed by atoms with E-state index in [1.807, 2.05) is 14.0 Å². The molecule has 2 aromatic heterocycles. The molecule has 0 spiro atoms. The third kappa shape index (κ3) is 3.30. The van der Waals surface area contributed by atoms with E-state index in [4.69, 9.17) is 4.84 Å². The number of aromatic carboxylic acids is 1. The van der Waals surface area contributed by atoms with E-state index in [0.29, 0.717) is 30.9 Å². The van der Waals surface area contributed by atoms with Gasteiger partial charge < -0.3 is 24.7 Å². The zero-order valence-corrected chi connectivity index (χ0v) is 17.1. The normalized spacial score (nSPS) is 23.2. The Kier molecular flexibility index (Phi) is 4.97. The Labute approximate surface area is 172 Å². The fourth-order valence-corrected chi connectivity index (χ4v) is 3.87. The van der Waals surface area contributed by atoms with Gasteiger partial charge in [-0.15, -0.1) is 0 Å². The van der Waals surface area contributed by atoms with Crippen LogP contribution in [0.1, 0.15) is 42.6 Å². The van der Waals surface area contributed by atoms with Crippen molar-refractivity contribution in [2.24, 2.45) is 5.16 Å². The van der Waals surface area contributed by atoms with Gasteiger partial charge in [0, 0.05) is 18.8 Å². The Bertz CT molecular complexity index is 1110. The number of halogens is 1. The second-order valence-corrected chi connectivity index (χ2v) is 7.95. The Morgan fingerprint density at radius 3 is 2.80 bits per heavy atom. The molecule has 0 radical (unpaired) electrons. The molecule has 2 N–H and O–H groups in total. The topological polar surface area (TPSA) is 109 Å². The molecule has 1 saturated carbocycles. The van der Waals surface area contributed by atoms with Crippen LogP contribution in [-0.2, 0) is 4.84 Å². The SMILES string of the molecule is CNC1(C)CCN(c2nc3c(cc2F)c(=O)c(C(=O)O)cn3C2CC2)C/C1=N\OC. The predicted molar refractivity (Wildman–Crippen MR) is 110 cm³/mol. The number of nitrogens with zero attached hydrogens (tertiary/aromatic N) is 4. The molecule has 0 amide bonds. The number of hydrogen-bond acceptors (Lipinski definition) is 7. The number of hydrogen-bond donors (Lipinski definition) is 2. The zero-order chi connectivity index (χ0) is 21.6. The summed E-state index contributed by atoms with van der Waals surface area (Å²) in [7, 11) is 3.30. The van der Waals surface area contributed by atoms with Crippen molar-refractivity contribution in [2.75, 3.05) is 32.1 Å². The van der Waals surface area contributed by atoms with Crippen molar-refractivity contribution in [1.82, 2.24) is 14.9 Å². The molecule has 160 valence electrons. The fraction of sp³-hybridized carbons (Fsp3) is 0.500. The maximum atomic E-state index is 15.1. The quantitative estimate of drug-likeness (QED) is 0.714. The van der Waals surface area contributed by atoms with Crippen LogP contribution in [-0.4, -0.2) is 59.1 Å². The number of nitrogens with one attached hydrogen (secondary N) is 1. The maximum Gasteiger partial charge on any atom is 0.341 e. The summed E-state index contributed by atoms with van der Waals surface area (Å²) in [6.45, 7) is 2.84. The van der Waals surface area contributed by atoms with Crippen LogP contribution in [0.3, 0.4) is 0 Å². The van der Waals surface area contributed by atoms with Crippen LogP contribution in [0.4, 0.5) is 10.2 Å². The molecule has 2 aliphatic rings.